The summed E-state index contributed by atoms with van der Waals surface area (Å²) in [7, 11) is -1.04. The Labute approximate surface area is 136 Å². The molecule has 0 aromatic heterocycles. The third-order valence-electron chi connectivity index (χ3n) is 2.90. The number of hydrogen-bond acceptors (Lipinski definition) is 3. The Kier molecular flexibility index (Phi) is 7.89. The van der Waals surface area contributed by atoms with Crippen molar-refractivity contribution in [2.24, 2.45) is 0 Å². The predicted octanol–water partition coefficient (Wildman–Crippen LogP) is 4.48. The van der Waals surface area contributed by atoms with Gasteiger partial charge in [-0.2, -0.15) is 4.79 Å². The van der Waals surface area contributed by atoms with Crippen molar-refractivity contribution in [3.05, 3.63) is 83.9 Å². The monoisotopic (exact) mass is 330 g/mol. The molecule has 0 spiro atoms. The van der Waals surface area contributed by atoms with Gasteiger partial charge in [-0.1, -0.05) is 61.2 Å². The maximum absolute atomic E-state index is 11.9. The van der Waals surface area contributed by atoms with E-state index in [1.54, 1.807) is 30.3 Å². The van der Waals surface area contributed by atoms with Crippen LogP contribution in [0.1, 0.15) is 11.1 Å². The molecule has 0 saturated carbocycles. The Morgan fingerprint density at radius 2 is 1.52 bits per heavy atom. The van der Waals surface area contributed by atoms with E-state index in [4.69, 9.17) is 14.6 Å². The Balaban J connectivity index is 0.000000277. The Morgan fingerprint density at radius 1 is 1.04 bits per heavy atom. The van der Waals surface area contributed by atoms with Gasteiger partial charge in [0.15, 0.2) is 0 Å². The van der Waals surface area contributed by atoms with Crippen molar-refractivity contribution in [1.29, 1.82) is 0 Å². The zero-order valence-electron chi connectivity index (χ0n) is 13.1. The second-order valence-electron chi connectivity index (χ2n) is 4.27. The van der Waals surface area contributed by atoms with Crippen LogP contribution in [0.3, 0.4) is 0 Å². The molecule has 2 aromatic rings. The van der Waals surface area contributed by atoms with Crippen LogP contribution in [0.25, 0.3) is 11.6 Å². The van der Waals surface area contributed by atoms with E-state index in [1.165, 1.54) is 19.8 Å². The van der Waals surface area contributed by atoms with E-state index in [2.05, 4.69) is 11.4 Å². The molecular weight excluding hydrogens is 311 g/mol. The van der Waals surface area contributed by atoms with E-state index in [0.717, 1.165) is 0 Å². The maximum atomic E-state index is 11.9. The fourth-order valence-electron chi connectivity index (χ4n) is 1.69. The molecule has 2 rings (SSSR count). The second kappa shape index (κ2) is 9.67. The van der Waals surface area contributed by atoms with E-state index in [-0.39, 0.29) is 5.45 Å². The van der Waals surface area contributed by atoms with Crippen molar-refractivity contribution in [3.63, 3.8) is 0 Å². The van der Waals surface area contributed by atoms with E-state index in [0.29, 0.717) is 5.56 Å². The number of nitrogens with zero attached hydrogens (tertiary/aromatic N) is 2. The van der Waals surface area contributed by atoms with Crippen molar-refractivity contribution >= 4 is 19.1 Å². The molecule has 0 bridgehead atoms. The normalized spacial score (nSPS) is 10.0. The highest BCUT2D eigenvalue weighted by atomic mass is 31.2. The molecule has 2 aromatic carbocycles. The average Bonchev–Trinajstić information content (AvgIpc) is 2.64. The maximum Gasteiger partial charge on any atom is 0.442 e. The summed E-state index contributed by atoms with van der Waals surface area (Å²) in [6.07, 6.45) is 1.83. The molecule has 0 heterocycles. The Bertz CT molecular complexity index is 703. The van der Waals surface area contributed by atoms with Gasteiger partial charge in [0.05, 0.1) is 5.56 Å². The lowest BCUT2D eigenvalue weighted by Gasteiger charge is -2.08. The zero-order valence-corrected chi connectivity index (χ0v) is 14.0. The lowest BCUT2D eigenvalue weighted by Crippen LogP contribution is -2.06. The fraction of sp³-hybridized carbons (Fsp3) is 0.118. The van der Waals surface area contributed by atoms with Crippen LogP contribution in [0.5, 0.6) is 0 Å². The van der Waals surface area contributed by atoms with Gasteiger partial charge in [0.25, 0.3) is 0 Å². The fourth-order valence-corrected chi connectivity index (χ4v) is 2.76. The minimum atomic E-state index is -3.51. The first-order valence-electron chi connectivity index (χ1n) is 6.78. The summed E-state index contributed by atoms with van der Waals surface area (Å²) in [6.45, 7) is 3.63. The van der Waals surface area contributed by atoms with Crippen molar-refractivity contribution in [1.82, 2.24) is 0 Å². The molecule has 0 amide bonds. The topological polar surface area (TPSA) is 71.9 Å². The summed E-state index contributed by atoms with van der Waals surface area (Å²) < 4.78 is 21.4. The van der Waals surface area contributed by atoms with Crippen LogP contribution >= 0.6 is 7.60 Å². The molecule has 0 atom stereocenters. The van der Waals surface area contributed by atoms with Crippen LogP contribution in [0, 0.1) is 0 Å². The molecule has 5 nitrogen and oxygen atoms in total. The Hall–Kier alpha value is -2.29. The highest BCUT2D eigenvalue weighted by Gasteiger charge is 2.39. The van der Waals surface area contributed by atoms with Crippen LogP contribution in [0.2, 0.25) is 0 Å². The van der Waals surface area contributed by atoms with Gasteiger partial charge in [-0.15, -0.1) is 0 Å². The Morgan fingerprint density at radius 3 is 1.87 bits per heavy atom. The molecule has 0 radical (unpaired) electrons. The minimum Gasteiger partial charge on any atom is -0.360 e. The summed E-state index contributed by atoms with van der Waals surface area (Å²) in [5, 5.41) is 0. The smallest absolute Gasteiger partial charge is 0.360 e. The van der Waals surface area contributed by atoms with Crippen LogP contribution in [0.4, 0.5) is 0 Å². The first-order chi connectivity index (χ1) is 11.1. The lowest BCUT2D eigenvalue weighted by molar-refractivity contribution is -0.00212. The van der Waals surface area contributed by atoms with Crippen molar-refractivity contribution in [2.75, 3.05) is 14.2 Å². The molecule has 120 valence electrons. The highest BCUT2D eigenvalue weighted by molar-refractivity contribution is 7.72. The first-order valence-corrected chi connectivity index (χ1v) is 8.32. The molecule has 0 aliphatic heterocycles. The molecule has 0 fully saturated rings. The summed E-state index contributed by atoms with van der Waals surface area (Å²) in [6, 6.07) is 18.6. The van der Waals surface area contributed by atoms with E-state index < -0.39 is 7.60 Å². The largest absolute Gasteiger partial charge is 0.442 e. The number of hydrogen-bond donors (Lipinski definition) is 0. The molecular formula is C17H19N2O3P. The lowest BCUT2D eigenvalue weighted by atomic mass is 10.2. The third kappa shape index (κ3) is 5.44. The average molecular weight is 330 g/mol. The highest BCUT2D eigenvalue weighted by Crippen LogP contribution is 2.49. The zero-order chi connectivity index (χ0) is 17.1. The van der Waals surface area contributed by atoms with Gasteiger partial charge in [0.2, 0.25) is 0 Å². The van der Waals surface area contributed by atoms with Gasteiger partial charge in [0.1, 0.15) is 0 Å². The van der Waals surface area contributed by atoms with Crippen LogP contribution in [-0.4, -0.2) is 24.5 Å². The van der Waals surface area contributed by atoms with Gasteiger partial charge >= 0.3 is 13.0 Å². The van der Waals surface area contributed by atoms with Gasteiger partial charge in [0, 0.05) is 14.2 Å². The third-order valence-corrected chi connectivity index (χ3v) is 4.73. The quantitative estimate of drug-likeness (QED) is 0.351. The minimum absolute atomic E-state index is 0.104. The van der Waals surface area contributed by atoms with Crippen molar-refractivity contribution in [3.8, 4) is 0 Å². The molecule has 0 aliphatic carbocycles. The summed E-state index contributed by atoms with van der Waals surface area (Å²) in [5.41, 5.74) is 10.4. The van der Waals surface area contributed by atoms with Gasteiger partial charge in [-0.25, -0.2) is 4.57 Å². The van der Waals surface area contributed by atoms with Crippen molar-refractivity contribution < 1.29 is 18.4 Å². The number of rotatable bonds is 5. The number of benzene rings is 2. The van der Waals surface area contributed by atoms with Crippen LogP contribution in [-0.2, 0) is 13.6 Å². The molecule has 0 saturated heterocycles. The molecule has 0 aliphatic rings. The van der Waals surface area contributed by atoms with E-state index in [1.807, 2.05) is 36.4 Å². The second-order valence-corrected chi connectivity index (χ2v) is 6.42. The molecule has 0 unspecified atom stereocenters. The van der Waals surface area contributed by atoms with Crippen LogP contribution in [0.15, 0.2) is 67.2 Å². The summed E-state index contributed by atoms with van der Waals surface area (Å²) >= 11 is 0. The summed E-state index contributed by atoms with van der Waals surface area (Å²) in [5.74, 6) is 0. The summed E-state index contributed by atoms with van der Waals surface area (Å²) in [4.78, 5) is 2.98. The molecule has 0 N–H and O–H groups in total. The SMILES string of the molecule is C=Cc1ccccc1.COP(=O)(OC)C(=[N+]=[N-])c1ccccc1. The molecule has 6 heteroatoms. The van der Waals surface area contributed by atoms with E-state index in [9.17, 15) is 4.57 Å². The first kappa shape index (κ1) is 18.8. The van der Waals surface area contributed by atoms with Crippen molar-refractivity contribution in [2.45, 2.75) is 0 Å². The van der Waals surface area contributed by atoms with Crippen LogP contribution < -0.4 is 0 Å². The van der Waals surface area contributed by atoms with Gasteiger partial charge in [-0.3, -0.25) is 0 Å². The van der Waals surface area contributed by atoms with Gasteiger partial charge in [-0.05, 0) is 17.7 Å². The van der Waals surface area contributed by atoms with E-state index >= 15 is 0 Å². The predicted molar refractivity (Wildman–Crippen MR) is 92.3 cm³/mol. The standard InChI is InChI=1S/C9H11N2O3P.C8H8/c1-13-15(12,14-2)9(11-10)8-6-4-3-5-7-8;1-2-8-6-4-3-5-7-8/h3-7H,1-2H3;2-7H,1H2. The van der Waals surface area contributed by atoms with Gasteiger partial charge < -0.3 is 14.6 Å². The molecule has 23 heavy (non-hydrogen) atoms.